The number of nitrogens with zero attached hydrogens (tertiary/aromatic N) is 1. The van der Waals surface area contributed by atoms with Gasteiger partial charge in [-0.05, 0) is 42.7 Å². The highest BCUT2D eigenvalue weighted by atomic mass is 32.2. The molecule has 102 valence electrons. The normalized spacial score (nSPS) is 27.6. The third-order valence-corrected chi connectivity index (χ3v) is 5.42. The number of carbonyl (C=O) groups is 2. The van der Waals surface area contributed by atoms with Gasteiger partial charge in [0.25, 0.3) is 0 Å². The molecule has 2 unspecified atom stereocenters. The minimum atomic E-state index is -1.07. The van der Waals surface area contributed by atoms with Crippen molar-refractivity contribution < 1.29 is 9.59 Å². The van der Waals surface area contributed by atoms with E-state index in [0.29, 0.717) is 12.0 Å². The van der Waals surface area contributed by atoms with Gasteiger partial charge in [-0.2, -0.15) is 5.26 Å². The molecule has 1 aromatic rings. The van der Waals surface area contributed by atoms with E-state index in [0.717, 1.165) is 28.2 Å². The van der Waals surface area contributed by atoms with Crippen molar-refractivity contribution in [2.24, 2.45) is 11.7 Å². The zero-order valence-electron chi connectivity index (χ0n) is 11.1. The topological polar surface area (TPSA) is 84.0 Å². The molecule has 2 atom stereocenters. The minimum Gasteiger partial charge on any atom is -0.369 e. The fraction of sp³-hybridized carbons (Fsp3) is 0.400. The van der Waals surface area contributed by atoms with Crippen LogP contribution in [0, 0.1) is 24.2 Å². The number of ketones is 1. The molecule has 0 saturated heterocycles. The lowest BCUT2D eigenvalue weighted by Crippen LogP contribution is -2.41. The van der Waals surface area contributed by atoms with Gasteiger partial charge in [0.15, 0.2) is 5.78 Å². The lowest BCUT2D eigenvalue weighted by molar-refractivity contribution is -0.121. The summed E-state index contributed by atoms with van der Waals surface area (Å²) in [6, 6.07) is 6.11. The molecular weight excluding hydrogens is 272 g/mol. The smallest absolute Gasteiger partial charge is 0.230 e. The van der Waals surface area contributed by atoms with Crippen LogP contribution >= 0.6 is 11.8 Å². The first-order chi connectivity index (χ1) is 9.53. The Morgan fingerprint density at radius 3 is 2.95 bits per heavy atom. The highest BCUT2D eigenvalue weighted by Gasteiger charge is 2.57. The van der Waals surface area contributed by atoms with Crippen molar-refractivity contribution in [2.45, 2.75) is 30.1 Å². The third-order valence-electron chi connectivity index (χ3n) is 4.28. The summed E-state index contributed by atoms with van der Waals surface area (Å²) in [5, 5.41) is 9.76. The van der Waals surface area contributed by atoms with E-state index in [2.05, 4.69) is 6.07 Å². The lowest BCUT2D eigenvalue weighted by atomic mass is 9.72. The molecule has 0 spiro atoms. The largest absolute Gasteiger partial charge is 0.369 e. The van der Waals surface area contributed by atoms with E-state index in [1.807, 2.05) is 19.1 Å². The average molecular weight is 286 g/mol. The van der Waals surface area contributed by atoms with Gasteiger partial charge < -0.3 is 5.73 Å². The zero-order valence-corrected chi connectivity index (χ0v) is 11.9. The molecule has 3 rings (SSSR count). The molecule has 1 heterocycles. The average Bonchev–Trinajstić information content (AvgIpc) is 2.55. The second-order valence-electron chi connectivity index (χ2n) is 5.37. The SMILES string of the molecule is Cc1ccc2c3c1C(=O)C(C(N)=O)C3(C#N)CCCS2. The fourth-order valence-electron chi connectivity index (χ4n) is 3.43. The van der Waals surface area contributed by atoms with E-state index in [1.54, 1.807) is 11.8 Å². The Morgan fingerprint density at radius 2 is 2.30 bits per heavy atom. The van der Waals surface area contributed by atoms with Gasteiger partial charge in [-0.3, -0.25) is 9.59 Å². The molecule has 2 N–H and O–H groups in total. The first kappa shape index (κ1) is 13.2. The highest BCUT2D eigenvalue weighted by Crippen LogP contribution is 2.52. The van der Waals surface area contributed by atoms with Crippen LogP contribution in [0.3, 0.4) is 0 Å². The van der Waals surface area contributed by atoms with E-state index in [4.69, 9.17) is 5.73 Å². The number of Topliss-reactive ketones (excluding diaryl/α,β-unsaturated/α-hetero) is 1. The quantitative estimate of drug-likeness (QED) is 0.800. The van der Waals surface area contributed by atoms with Crippen LogP contribution in [0.15, 0.2) is 17.0 Å². The first-order valence-corrected chi connectivity index (χ1v) is 7.53. The number of amides is 1. The van der Waals surface area contributed by atoms with E-state index in [-0.39, 0.29) is 5.78 Å². The maximum atomic E-state index is 12.6. The predicted molar refractivity (Wildman–Crippen MR) is 75.4 cm³/mol. The summed E-state index contributed by atoms with van der Waals surface area (Å²) >= 11 is 1.65. The number of nitriles is 1. The zero-order chi connectivity index (χ0) is 14.5. The molecule has 1 amide bonds. The number of carbonyl (C=O) groups excluding carboxylic acids is 2. The van der Waals surface area contributed by atoms with Crippen LogP contribution in [-0.2, 0) is 10.2 Å². The number of aryl methyl sites for hydroxylation is 1. The van der Waals surface area contributed by atoms with Crippen molar-refractivity contribution in [1.29, 1.82) is 5.26 Å². The molecule has 4 nitrogen and oxygen atoms in total. The Morgan fingerprint density at radius 1 is 1.55 bits per heavy atom. The van der Waals surface area contributed by atoms with Crippen LogP contribution < -0.4 is 5.73 Å². The van der Waals surface area contributed by atoms with Crippen LogP contribution in [0.1, 0.15) is 34.3 Å². The van der Waals surface area contributed by atoms with Crippen molar-refractivity contribution in [3.63, 3.8) is 0 Å². The second kappa shape index (κ2) is 4.35. The number of thioether (sulfide) groups is 1. The molecule has 1 aromatic carbocycles. The number of hydrogen-bond acceptors (Lipinski definition) is 4. The Kier molecular flexibility index (Phi) is 2.87. The predicted octanol–water partition coefficient (Wildman–Crippen LogP) is 1.94. The van der Waals surface area contributed by atoms with Gasteiger partial charge in [-0.25, -0.2) is 0 Å². The summed E-state index contributed by atoms with van der Waals surface area (Å²) in [6.07, 6.45) is 1.31. The number of rotatable bonds is 1. The van der Waals surface area contributed by atoms with Gasteiger partial charge in [-0.15, -0.1) is 11.8 Å². The minimum absolute atomic E-state index is 0.282. The monoisotopic (exact) mass is 286 g/mol. The molecular formula is C15H14N2O2S. The maximum Gasteiger partial charge on any atom is 0.230 e. The summed E-state index contributed by atoms with van der Waals surface area (Å²) in [5.74, 6) is -1.12. The molecule has 0 aromatic heterocycles. The Labute approximate surface area is 121 Å². The molecule has 1 aliphatic carbocycles. The van der Waals surface area contributed by atoms with Crippen molar-refractivity contribution in [3.05, 3.63) is 28.8 Å². The number of primary amides is 1. The van der Waals surface area contributed by atoms with E-state index in [1.165, 1.54) is 0 Å². The van der Waals surface area contributed by atoms with Crippen LogP contribution in [0.2, 0.25) is 0 Å². The Balaban J connectivity index is 2.40. The van der Waals surface area contributed by atoms with E-state index < -0.39 is 17.2 Å². The third kappa shape index (κ3) is 1.49. The van der Waals surface area contributed by atoms with Crippen molar-refractivity contribution in [3.8, 4) is 6.07 Å². The Bertz CT molecular complexity index is 677. The van der Waals surface area contributed by atoms with Gasteiger partial charge >= 0.3 is 0 Å². The fourth-order valence-corrected chi connectivity index (χ4v) is 4.53. The lowest BCUT2D eigenvalue weighted by Gasteiger charge is -2.26. The molecule has 2 aliphatic rings. The number of benzene rings is 1. The van der Waals surface area contributed by atoms with Crippen LogP contribution in [0.4, 0.5) is 0 Å². The first-order valence-electron chi connectivity index (χ1n) is 6.54. The molecule has 0 radical (unpaired) electrons. The molecule has 1 aliphatic heterocycles. The summed E-state index contributed by atoms with van der Waals surface area (Å²) in [5.41, 5.74) is 6.49. The van der Waals surface area contributed by atoms with E-state index in [9.17, 15) is 14.9 Å². The summed E-state index contributed by atoms with van der Waals surface area (Å²) < 4.78 is 0. The molecule has 20 heavy (non-hydrogen) atoms. The van der Waals surface area contributed by atoms with Gasteiger partial charge in [0.1, 0.15) is 11.3 Å². The van der Waals surface area contributed by atoms with Crippen molar-refractivity contribution >= 4 is 23.5 Å². The van der Waals surface area contributed by atoms with Crippen LogP contribution in [0.25, 0.3) is 0 Å². The highest BCUT2D eigenvalue weighted by molar-refractivity contribution is 7.99. The van der Waals surface area contributed by atoms with Gasteiger partial charge in [0.05, 0.1) is 6.07 Å². The van der Waals surface area contributed by atoms with Crippen LogP contribution in [0.5, 0.6) is 0 Å². The van der Waals surface area contributed by atoms with Crippen molar-refractivity contribution in [2.75, 3.05) is 5.75 Å². The Hall–Kier alpha value is -1.80. The molecule has 0 fully saturated rings. The molecule has 5 heteroatoms. The second-order valence-corrected chi connectivity index (χ2v) is 6.50. The van der Waals surface area contributed by atoms with Gasteiger partial charge in [0, 0.05) is 10.5 Å². The van der Waals surface area contributed by atoms with E-state index >= 15 is 0 Å². The standard InChI is InChI=1S/C15H14N2O2S/c1-8-3-4-9-11-10(8)13(18)12(14(17)19)15(11,7-16)5-2-6-20-9/h3-4,12H,2,5-6H2,1H3,(H2,17,19). The maximum absolute atomic E-state index is 12.6. The van der Waals surface area contributed by atoms with Crippen LogP contribution in [-0.4, -0.2) is 17.4 Å². The summed E-state index contributed by atoms with van der Waals surface area (Å²) in [7, 11) is 0. The summed E-state index contributed by atoms with van der Waals surface area (Å²) in [6.45, 7) is 1.84. The summed E-state index contributed by atoms with van der Waals surface area (Å²) in [4.78, 5) is 25.4. The number of nitrogens with two attached hydrogens (primary N) is 1. The number of hydrogen-bond donors (Lipinski definition) is 1. The van der Waals surface area contributed by atoms with Gasteiger partial charge in [0.2, 0.25) is 5.91 Å². The molecule has 0 saturated carbocycles. The molecule has 0 bridgehead atoms. The van der Waals surface area contributed by atoms with Gasteiger partial charge in [-0.1, -0.05) is 6.07 Å². The van der Waals surface area contributed by atoms with Crippen molar-refractivity contribution in [1.82, 2.24) is 0 Å².